The average Bonchev–Trinajstić information content (AvgIpc) is 3.18. The maximum Gasteiger partial charge on any atom is 0.573 e. The molecule has 0 N–H and O–H groups in total. The van der Waals surface area contributed by atoms with Gasteiger partial charge in [-0.15, -0.1) is 13.2 Å². The van der Waals surface area contributed by atoms with Gasteiger partial charge in [0.05, 0.1) is 10.9 Å². The predicted octanol–water partition coefficient (Wildman–Crippen LogP) is 6.04. The number of nitrogens with zero attached hydrogens (tertiary/aromatic N) is 1. The smallest absolute Gasteiger partial charge is 0.452 e. The largest absolute Gasteiger partial charge is 0.573 e. The third kappa shape index (κ3) is 3.71. The van der Waals surface area contributed by atoms with Crippen LogP contribution in [-0.4, -0.2) is 17.1 Å². The summed E-state index contributed by atoms with van der Waals surface area (Å²) in [4.78, 5) is 29.8. The van der Waals surface area contributed by atoms with Gasteiger partial charge in [-0.05, 0) is 42.8 Å². The molecule has 5 rings (SSSR count). The van der Waals surface area contributed by atoms with E-state index in [4.69, 9.17) is 8.83 Å². The topological polar surface area (TPSA) is 82.5 Å². The minimum absolute atomic E-state index is 0.198. The van der Waals surface area contributed by atoms with Gasteiger partial charge in [-0.2, -0.15) is 0 Å². The first kappa shape index (κ1) is 21.4. The van der Waals surface area contributed by atoms with Crippen molar-refractivity contribution in [1.82, 2.24) is 4.98 Å². The standard InChI is InChI=1S/C25H14F3NO5/c1-13-11-19(30)33-23-15(13)8-9-18-21(23)20(14-5-4-10-29-12-14)24(32-18)22(31)16-6-2-3-7-17(16)34-25(26,27)28/h2-12H,1H3. The second kappa shape index (κ2) is 7.87. The van der Waals surface area contributed by atoms with E-state index in [0.717, 1.165) is 6.07 Å². The quantitative estimate of drug-likeness (QED) is 0.238. The van der Waals surface area contributed by atoms with Crippen molar-refractivity contribution in [3.63, 3.8) is 0 Å². The number of alkyl halides is 3. The fourth-order valence-corrected chi connectivity index (χ4v) is 3.90. The number of halogens is 3. The zero-order chi connectivity index (χ0) is 24.0. The first-order chi connectivity index (χ1) is 16.2. The molecule has 0 unspecified atom stereocenters. The first-order valence-corrected chi connectivity index (χ1v) is 10.0. The van der Waals surface area contributed by atoms with E-state index in [1.807, 2.05) is 0 Å². The molecule has 2 aromatic carbocycles. The van der Waals surface area contributed by atoms with Crippen LogP contribution in [0.4, 0.5) is 13.2 Å². The molecule has 0 bridgehead atoms. The van der Waals surface area contributed by atoms with Crippen molar-refractivity contribution in [2.75, 3.05) is 0 Å². The summed E-state index contributed by atoms with van der Waals surface area (Å²) in [5.74, 6) is -1.74. The van der Waals surface area contributed by atoms with Crippen LogP contribution >= 0.6 is 0 Å². The molecule has 6 nitrogen and oxygen atoms in total. The van der Waals surface area contributed by atoms with E-state index in [2.05, 4.69) is 9.72 Å². The van der Waals surface area contributed by atoms with E-state index >= 15 is 0 Å². The summed E-state index contributed by atoms with van der Waals surface area (Å²) >= 11 is 0. The van der Waals surface area contributed by atoms with Gasteiger partial charge in [-0.1, -0.05) is 18.2 Å². The molecule has 0 saturated heterocycles. The van der Waals surface area contributed by atoms with Crippen molar-refractivity contribution in [3.05, 3.63) is 94.3 Å². The molecule has 170 valence electrons. The molecule has 0 aliphatic rings. The number of hydrogen-bond donors (Lipinski definition) is 0. The van der Waals surface area contributed by atoms with Crippen LogP contribution in [0.1, 0.15) is 21.7 Å². The van der Waals surface area contributed by atoms with Gasteiger partial charge in [0.1, 0.15) is 16.9 Å². The van der Waals surface area contributed by atoms with Crippen molar-refractivity contribution in [2.45, 2.75) is 13.3 Å². The Morgan fingerprint density at radius 2 is 1.82 bits per heavy atom. The highest BCUT2D eigenvalue weighted by atomic mass is 19.4. The number of hydrogen-bond acceptors (Lipinski definition) is 6. The lowest BCUT2D eigenvalue weighted by atomic mass is 9.97. The maximum atomic E-state index is 13.5. The fourth-order valence-electron chi connectivity index (χ4n) is 3.90. The molecule has 9 heteroatoms. The van der Waals surface area contributed by atoms with E-state index in [1.165, 1.54) is 36.7 Å². The van der Waals surface area contributed by atoms with Crippen molar-refractivity contribution < 1.29 is 31.5 Å². The van der Waals surface area contributed by atoms with Crippen LogP contribution < -0.4 is 10.4 Å². The van der Waals surface area contributed by atoms with E-state index in [-0.39, 0.29) is 28.1 Å². The molecule has 34 heavy (non-hydrogen) atoms. The molecule has 0 fully saturated rings. The SMILES string of the molecule is Cc1cc(=O)oc2c1ccc1oc(C(=O)c3ccccc3OC(F)(F)F)c(-c3cccnc3)c12. The maximum absolute atomic E-state index is 13.5. The van der Waals surface area contributed by atoms with E-state index in [1.54, 1.807) is 31.2 Å². The summed E-state index contributed by atoms with van der Waals surface area (Å²) in [6.45, 7) is 1.74. The number of rotatable bonds is 4. The summed E-state index contributed by atoms with van der Waals surface area (Å²) in [6, 6.07) is 12.9. The number of pyridine rings is 1. The van der Waals surface area contributed by atoms with Crippen LogP contribution in [0.3, 0.4) is 0 Å². The van der Waals surface area contributed by atoms with Gasteiger partial charge < -0.3 is 13.6 Å². The zero-order valence-electron chi connectivity index (χ0n) is 17.5. The molecule has 0 aliphatic heterocycles. The van der Waals surface area contributed by atoms with Gasteiger partial charge in [0, 0.05) is 35.0 Å². The number of para-hydroxylation sites is 1. The van der Waals surface area contributed by atoms with Gasteiger partial charge in [-0.3, -0.25) is 9.78 Å². The summed E-state index contributed by atoms with van der Waals surface area (Å²) in [5, 5.41) is 0.960. The molecule has 5 aromatic rings. The number of carbonyl (C=O) groups excluding carboxylic acids is 1. The molecule has 0 atom stereocenters. The van der Waals surface area contributed by atoms with E-state index in [0.29, 0.717) is 21.9 Å². The molecule has 0 amide bonds. The number of ether oxygens (including phenoxy) is 1. The lowest BCUT2D eigenvalue weighted by Gasteiger charge is -2.12. The molecule has 0 spiro atoms. The summed E-state index contributed by atoms with van der Waals surface area (Å²) in [7, 11) is 0. The van der Waals surface area contributed by atoms with Crippen molar-refractivity contribution >= 4 is 27.7 Å². The van der Waals surface area contributed by atoms with Crippen molar-refractivity contribution in [1.29, 1.82) is 0 Å². The van der Waals surface area contributed by atoms with Gasteiger partial charge in [0.2, 0.25) is 5.78 Å². The van der Waals surface area contributed by atoms with Gasteiger partial charge >= 0.3 is 12.0 Å². The van der Waals surface area contributed by atoms with Crippen LogP contribution in [0.5, 0.6) is 5.75 Å². The van der Waals surface area contributed by atoms with Crippen molar-refractivity contribution in [2.24, 2.45) is 0 Å². The lowest BCUT2D eigenvalue weighted by molar-refractivity contribution is -0.274. The highest BCUT2D eigenvalue weighted by Crippen LogP contribution is 2.41. The fraction of sp³-hybridized carbons (Fsp3) is 0.0800. The molecular weight excluding hydrogens is 451 g/mol. The molecule has 0 radical (unpaired) electrons. The summed E-state index contributed by atoms with van der Waals surface area (Å²) in [5.41, 5.74) is 0.841. The summed E-state index contributed by atoms with van der Waals surface area (Å²) in [6.07, 6.45) is -1.98. The minimum atomic E-state index is -4.99. The van der Waals surface area contributed by atoms with Crippen molar-refractivity contribution in [3.8, 4) is 16.9 Å². The molecule has 0 aliphatic carbocycles. The number of furan rings is 1. The predicted molar refractivity (Wildman–Crippen MR) is 117 cm³/mol. The zero-order valence-corrected chi connectivity index (χ0v) is 17.5. The Bertz CT molecular complexity index is 1620. The number of benzene rings is 2. The molecule has 3 aromatic heterocycles. The van der Waals surface area contributed by atoms with Crippen LogP contribution in [0.15, 0.2) is 80.6 Å². The second-order valence-electron chi connectivity index (χ2n) is 7.48. The van der Waals surface area contributed by atoms with Gasteiger partial charge in [0.25, 0.3) is 0 Å². The molecular formula is C25H14F3NO5. The number of fused-ring (bicyclic) bond motifs is 3. The lowest BCUT2D eigenvalue weighted by Crippen LogP contribution is -2.19. The van der Waals surface area contributed by atoms with Gasteiger partial charge in [-0.25, -0.2) is 4.79 Å². The molecule has 3 heterocycles. The number of ketones is 1. The Labute approximate surface area is 189 Å². The molecule has 0 saturated carbocycles. The van der Waals surface area contributed by atoms with Crippen LogP contribution in [0, 0.1) is 6.92 Å². The Hall–Kier alpha value is -4.40. The van der Waals surface area contributed by atoms with E-state index < -0.39 is 23.5 Å². The third-order valence-electron chi connectivity index (χ3n) is 5.28. The Balaban J connectivity index is 1.84. The second-order valence-corrected chi connectivity index (χ2v) is 7.48. The normalized spacial score (nSPS) is 11.8. The van der Waals surface area contributed by atoms with Crippen LogP contribution in [0.2, 0.25) is 0 Å². The first-order valence-electron chi connectivity index (χ1n) is 10.0. The average molecular weight is 465 g/mol. The van der Waals surface area contributed by atoms with Gasteiger partial charge in [0.15, 0.2) is 5.76 Å². The number of carbonyl (C=O) groups is 1. The Morgan fingerprint density at radius 1 is 1.03 bits per heavy atom. The monoisotopic (exact) mass is 465 g/mol. The van der Waals surface area contributed by atoms with Crippen LogP contribution in [0.25, 0.3) is 33.1 Å². The minimum Gasteiger partial charge on any atom is -0.452 e. The Morgan fingerprint density at radius 3 is 2.56 bits per heavy atom. The highest BCUT2D eigenvalue weighted by molar-refractivity contribution is 6.20. The van der Waals surface area contributed by atoms with Crippen LogP contribution in [-0.2, 0) is 0 Å². The third-order valence-corrected chi connectivity index (χ3v) is 5.28. The highest BCUT2D eigenvalue weighted by Gasteiger charge is 2.34. The summed E-state index contributed by atoms with van der Waals surface area (Å²) < 4.78 is 54.2. The number of aromatic nitrogens is 1. The Kier molecular flexibility index (Phi) is 4.97. The van der Waals surface area contributed by atoms with E-state index in [9.17, 15) is 22.8 Å². The number of aryl methyl sites for hydroxylation is 1.